The molecule has 1 atom stereocenters. The van der Waals surface area contributed by atoms with Gasteiger partial charge in [-0.2, -0.15) is 0 Å². The number of carbonyl (C=O) groups is 2. The Morgan fingerprint density at radius 3 is 2.75 bits per heavy atom. The summed E-state index contributed by atoms with van der Waals surface area (Å²) in [5, 5.41) is 7.31. The number of fused-ring (bicyclic) bond motifs is 1. The van der Waals surface area contributed by atoms with Gasteiger partial charge < -0.3 is 15.5 Å². The van der Waals surface area contributed by atoms with Crippen molar-refractivity contribution in [1.82, 2.24) is 15.5 Å². The number of carbonyl (C=O) groups excluding carboxylic acids is 2. The molecule has 0 saturated heterocycles. The van der Waals surface area contributed by atoms with Crippen LogP contribution in [0.3, 0.4) is 0 Å². The molecule has 150 valence electrons. The Morgan fingerprint density at radius 2 is 2.00 bits per heavy atom. The van der Waals surface area contributed by atoms with Crippen molar-refractivity contribution in [3.63, 3.8) is 0 Å². The predicted molar refractivity (Wildman–Crippen MR) is 104 cm³/mol. The zero-order valence-electron chi connectivity index (χ0n) is 15.6. The molecule has 0 aliphatic carbocycles. The van der Waals surface area contributed by atoms with Crippen molar-refractivity contribution in [2.75, 3.05) is 13.1 Å². The van der Waals surface area contributed by atoms with Gasteiger partial charge in [-0.1, -0.05) is 6.07 Å². The van der Waals surface area contributed by atoms with E-state index in [4.69, 9.17) is 0 Å². The molecular formula is C20H23F2N3O2S. The molecule has 28 heavy (non-hydrogen) atoms. The smallest absolute Gasteiger partial charge is 0.315 e. The molecule has 0 radical (unpaired) electrons. The fraction of sp³-hybridized carbons (Fsp3) is 0.400. The van der Waals surface area contributed by atoms with E-state index < -0.39 is 23.7 Å². The molecule has 1 aliphatic heterocycles. The van der Waals surface area contributed by atoms with Crippen LogP contribution >= 0.6 is 11.3 Å². The standard InChI is InChI=1S/C20H23F2N3O2S/c1-13(11-15-16(21)3-2-4-17(15)22)24-20(27)23-8-5-19(26)25-9-6-18-14(12-25)7-10-28-18/h2-4,7,10,13H,5-6,8-9,11-12H2,1H3,(H2,23,24,27). The Labute approximate surface area is 166 Å². The molecule has 2 N–H and O–H groups in total. The van der Waals surface area contributed by atoms with E-state index in [0.29, 0.717) is 13.1 Å². The summed E-state index contributed by atoms with van der Waals surface area (Å²) in [6.45, 7) is 3.19. The molecule has 1 aromatic heterocycles. The first-order valence-corrected chi connectivity index (χ1v) is 10.1. The minimum Gasteiger partial charge on any atom is -0.338 e. The minimum absolute atomic E-state index is 0.00127. The van der Waals surface area contributed by atoms with Gasteiger partial charge in [0.25, 0.3) is 0 Å². The predicted octanol–water partition coefficient (Wildman–Crippen LogP) is 3.23. The van der Waals surface area contributed by atoms with Crippen molar-refractivity contribution in [3.8, 4) is 0 Å². The van der Waals surface area contributed by atoms with Gasteiger partial charge in [-0.05, 0) is 48.9 Å². The number of benzene rings is 1. The molecule has 2 aromatic rings. The van der Waals surface area contributed by atoms with Crippen LogP contribution in [0, 0.1) is 11.6 Å². The van der Waals surface area contributed by atoms with E-state index >= 15 is 0 Å². The maximum absolute atomic E-state index is 13.7. The SMILES string of the molecule is CC(Cc1c(F)cccc1F)NC(=O)NCCC(=O)N1CCc2sccc2C1. The molecule has 0 spiro atoms. The molecule has 5 nitrogen and oxygen atoms in total. The summed E-state index contributed by atoms with van der Waals surface area (Å²) in [5.41, 5.74) is 1.15. The average Bonchev–Trinajstić information content (AvgIpc) is 3.12. The second-order valence-electron chi connectivity index (χ2n) is 6.89. The number of rotatable bonds is 6. The van der Waals surface area contributed by atoms with Gasteiger partial charge in [0.2, 0.25) is 5.91 Å². The van der Waals surface area contributed by atoms with E-state index in [9.17, 15) is 18.4 Å². The summed E-state index contributed by atoms with van der Waals surface area (Å²) < 4.78 is 27.4. The highest BCUT2D eigenvalue weighted by Crippen LogP contribution is 2.24. The Kier molecular flexibility index (Phi) is 6.61. The number of nitrogens with zero attached hydrogens (tertiary/aromatic N) is 1. The largest absolute Gasteiger partial charge is 0.338 e. The number of hydrogen-bond acceptors (Lipinski definition) is 3. The lowest BCUT2D eigenvalue weighted by Crippen LogP contribution is -2.43. The Bertz CT molecular complexity index is 835. The van der Waals surface area contributed by atoms with Gasteiger partial charge in [0.1, 0.15) is 11.6 Å². The lowest BCUT2D eigenvalue weighted by molar-refractivity contribution is -0.131. The van der Waals surface area contributed by atoms with Crippen LogP contribution in [0.25, 0.3) is 0 Å². The van der Waals surface area contributed by atoms with Crippen LogP contribution in [0.4, 0.5) is 13.6 Å². The molecule has 3 amide bonds. The Morgan fingerprint density at radius 1 is 1.25 bits per heavy atom. The van der Waals surface area contributed by atoms with Gasteiger partial charge in [-0.3, -0.25) is 4.79 Å². The molecule has 1 aromatic carbocycles. The normalized spacial score (nSPS) is 14.3. The van der Waals surface area contributed by atoms with Crippen LogP contribution in [-0.2, 0) is 24.2 Å². The van der Waals surface area contributed by atoms with E-state index in [1.807, 2.05) is 11.4 Å². The summed E-state index contributed by atoms with van der Waals surface area (Å²) >= 11 is 1.72. The highest BCUT2D eigenvalue weighted by molar-refractivity contribution is 7.10. The highest BCUT2D eigenvalue weighted by atomic mass is 32.1. The summed E-state index contributed by atoms with van der Waals surface area (Å²) in [6, 6.07) is 4.81. The van der Waals surface area contributed by atoms with Gasteiger partial charge in [-0.15, -0.1) is 11.3 Å². The van der Waals surface area contributed by atoms with Gasteiger partial charge in [0.15, 0.2) is 0 Å². The lowest BCUT2D eigenvalue weighted by atomic mass is 10.1. The van der Waals surface area contributed by atoms with Crippen molar-refractivity contribution in [3.05, 3.63) is 57.3 Å². The monoisotopic (exact) mass is 407 g/mol. The molecular weight excluding hydrogens is 384 g/mol. The average molecular weight is 407 g/mol. The fourth-order valence-corrected chi connectivity index (χ4v) is 4.15. The second kappa shape index (κ2) is 9.14. The van der Waals surface area contributed by atoms with Crippen LogP contribution in [0.15, 0.2) is 29.6 Å². The zero-order valence-corrected chi connectivity index (χ0v) is 16.5. The van der Waals surface area contributed by atoms with Crippen molar-refractivity contribution >= 4 is 23.3 Å². The van der Waals surface area contributed by atoms with E-state index in [0.717, 1.165) is 6.42 Å². The quantitative estimate of drug-likeness (QED) is 0.772. The number of amides is 3. The van der Waals surface area contributed by atoms with Gasteiger partial charge in [0.05, 0.1) is 0 Å². The zero-order chi connectivity index (χ0) is 20.1. The third-order valence-electron chi connectivity index (χ3n) is 4.73. The second-order valence-corrected chi connectivity index (χ2v) is 7.89. The van der Waals surface area contributed by atoms with E-state index in [-0.39, 0.29) is 30.9 Å². The van der Waals surface area contributed by atoms with Crippen LogP contribution in [0.2, 0.25) is 0 Å². The molecule has 1 aliphatic rings. The molecule has 0 fully saturated rings. The van der Waals surface area contributed by atoms with Crippen molar-refractivity contribution in [2.45, 2.75) is 38.8 Å². The van der Waals surface area contributed by atoms with Gasteiger partial charge in [-0.25, -0.2) is 13.6 Å². The minimum atomic E-state index is -0.630. The van der Waals surface area contributed by atoms with Crippen molar-refractivity contribution in [2.24, 2.45) is 0 Å². The highest BCUT2D eigenvalue weighted by Gasteiger charge is 2.21. The van der Waals surface area contributed by atoms with Crippen LogP contribution < -0.4 is 10.6 Å². The first-order chi connectivity index (χ1) is 13.4. The first kappa shape index (κ1) is 20.3. The first-order valence-electron chi connectivity index (χ1n) is 9.24. The van der Waals surface area contributed by atoms with Gasteiger partial charge >= 0.3 is 6.03 Å². The fourth-order valence-electron chi connectivity index (χ4n) is 3.26. The molecule has 0 saturated carbocycles. The van der Waals surface area contributed by atoms with E-state index in [2.05, 4.69) is 10.6 Å². The summed E-state index contributed by atoms with van der Waals surface area (Å²) in [5.74, 6) is -1.26. The summed E-state index contributed by atoms with van der Waals surface area (Å²) in [4.78, 5) is 27.4. The van der Waals surface area contributed by atoms with Crippen LogP contribution in [0.1, 0.15) is 29.3 Å². The Hall–Kier alpha value is -2.48. The third kappa shape index (κ3) is 5.07. The van der Waals surface area contributed by atoms with Crippen LogP contribution in [-0.4, -0.2) is 36.0 Å². The number of hydrogen-bond donors (Lipinski definition) is 2. The maximum Gasteiger partial charge on any atom is 0.315 e. The van der Waals surface area contributed by atoms with Crippen molar-refractivity contribution < 1.29 is 18.4 Å². The van der Waals surface area contributed by atoms with Gasteiger partial charge in [0, 0.05) is 42.5 Å². The number of nitrogens with one attached hydrogen (secondary N) is 2. The Balaban J connectivity index is 1.39. The van der Waals surface area contributed by atoms with Crippen LogP contribution in [0.5, 0.6) is 0 Å². The molecule has 2 heterocycles. The number of thiophene rings is 1. The third-order valence-corrected chi connectivity index (χ3v) is 5.76. The number of halogens is 2. The lowest BCUT2D eigenvalue weighted by Gasteiger charge is -2.27. The van der Waals surface area contributed by atoms with Crippen molar-refractivity contribution in [1.29, 1.82) is 0 Å². The molecule has 8 heteroatoms. The summed E-state index contributed by atoms with van der Waals surface area (Å²) in [6.07, 6.45) is 1.13. The van der Waals surface area contributed by atoms with E-state index in [1.54, 1.807) is 23.2 Å². The topological polar surface area (TPSA) is 61.4 Å². The summed E-state index contributed by atoms with van der Waals surface area (Å²) in [7, 11) is 0. The number of urea groups is 1. The molecule has 1 unspecified atom stereocenters. The maximum atomic E-state index is 13.7. The molecule has 0 bridgehead atoms. The van der Waals surface area contributed by atoms with E-state index in [1.165, 1.54) is 28.6 Å². The molecule has 3 rings (SSSR count).